The third kappa shape index (κ3) is 4.72. The van der Waals surface area contributed by atoms with Crippen LogP contribution in [0, 0.1) is 5.41 Å². The average Bonchev–Trinajstić information content (AvgIpc) is 2.23. The minimum Gasteiger partial charge on any atom is -0.417 e. The second-order valence-electron chi connectivity index (χ2n) is 6.57. The molecule has 0 atom stereocenters. The first-order valence-electron chi connectivity index (χ1n) is 7.06. The maximum absolute atomic E-state index is 6.29. The summed E-state index contributed by atoms with van der Waals surface area (Å²) in [5, 5.41) is 0. The molecule has 0 amide bonds. The molecule has 0 fully saturated rings. The van der Waals surface area contributed by atoms with Gasteiger partial charge in [-0.3, -0.25) is 0 Å². The highest BCUT2D eigenvalue weighted by Crippen LogP contribution is 2.40. The molecule has 0 aliphatic heterocycles. The molecule has 2 nitrogen and oxygen atoms in total. The van der Waals surface area contributed by atoms with Crippen molar-refractivity contribution in [3.63, 3.8) is 0 Å². The normalized spacial score (nSPS) is 13.8. The highest BCUT2D eigenvalue weighted by molar-refractivity contribution is 6.76. The van der Waals surface area contributed by atoms with E-state index in [-0.39, 0.29) is 5.41 Å². The van der Waals surface area contributed by atoms with E-state index in [0.717, 1.165) is 13.2 Å². The highest BCUT2D eigenvalue weighted by atomic mass is 28.4. The lowest BCUT2D eigenvalue weighted by Crippen LogP contribution is -2.46. The fraction of sp³-hybridized carbons (Fsp3) is 1.00. The van der Waals surface area contributed by atoms with E-state index in [1.807, 2.05) is 0 Å². The summed E-state index contributed by atoms with van der Waals surface area (Å²) in [6, 6.07) is 1.24. The molecule has 3 heteroatoms. The first kappa shape index (κ1) is 17.1. The predicted molar refractivity (Wildman–Crippen MR) is 79.8 cm³/mol. The van der Waals surface area contributed by atoms with E-state index in [1.165, 1.54) is 12.5 Å². The van der Waals surface area contributed by atoms with Crippen molar-refractivity contribution in [2.75, 3.05) is 13.2 Å². The van der Waals surface area contributed by atoms with E-state index in [2.05, 4.69) is 48.5 Å². The lowest BCUT2D eigenvalue weighted by Gasteiger charge is -2.40. The van der Waals surface area contributed by atoms with Crippen molar-refractivity contribution in [1.82, 2.24) is 0 Å². The van der Waals surface area contributed by atoms with Crippen LogP contribution in [0.15, 0.2) is 0 Å². The molecule has 0 aromatic rings. The minimum absolute atomic E-state index is 0.249. The van der Waals surface area contributed by atoms with Crippen molar-refractivity contribution in [2.24, 2.45) is 11.1 Å². The molecule has 2 N–H and O–H groups in total. The van der Waals surface area contributed by atoms with Gasteiger partial charge in [0, 0.05) is 6.61 Å². The molecule has 0 radical (unpaired) electrons. The molecule has 104 valence electrons. The molecule has 0 saturated heterocycles. The predicted octanol–water partition coefficient (Wildman–Crippen LogP) is 4.16. The SMILES string of the molecule is CCO[Si](CCC(C)(C)CN)(C(C)C)C(C)C. The Hall–Kier alpha value is 0.137. The van der Waals surface area contributed by atoms with Gasteiger partial charge >= 0.3 is 0 Å². The number of nitrogens with two attached hydrogens (primary N) is 1. The van der Waals surface area contributed by atoms with E-state index < -0.39 is 8.32 Å². The second kappa shape index (κ2) is 6.91. The first-order chi connectivity index (χ1) is 7.72. The zero-order valence-electron chi connectivity index (χ0n) is 13.0. The molecule has 0 spiro atoms. The summed E-state index contributed by atoms with van der Waals surface area (Å²) in [5.74, 6) is 0. The largest absolute Gasteiger partial charge is 0.417 e. The molecule has 0 heterocycles. The van der Waals surface area contributed by atoms with Gasteiger partial charge in [-0.25, -0.2) is 0 Å². The zero-order valence-corrected chi connectivity index (χ0v) is 14.0. The highest BCUT2D eigenvalue weighted by Gasteiger charge is 2.42. The van der Waals surface area contributed by atoms with E-state index in [9.17, 15) is 0 Å². The fourth-order valence-electron chi connectivity index (χ4n) is 2.55. The average molecular weight is 260 g/mol. The third-order valence-electron chi connectivity index (χ3n) is 4.11. The summed E-state index contributed by atoms with van der Waals surface area (Å²) < 4.78 is 6.29. The molecule has 0 aromatic carbocycles. The Bertz CT molecular complexity index is 206. The Morgan fingerprint density at radius 1 is 1.12 bits per heavy atom. The maximum Gasteiger partial charge on any atom is 0.197 e. The molecule has 17 heavy (non-hydrogen) atoms. The number of rotatable bonds is 8. The van der Waals surface area contributed by atoms with E-state index >= 15 is 0 Å². The van der Waals surface area contributed by atoms with Gasteiger partial charge in [-0.2, -0.15) is 0 Å². The maximum atomic E-state index is 6.29. The lowest BCUT2D eigenvalue weighted by molar-refractivity contribution is 0.288. The summed E-state index contributed by atoms with van der Waals surface area (Å²) in [7, 11) is -1.63. The van der Waals surface area contributed by atoms with Crippen molar-refractivity contribution < 1.29 is 4.43 Å². The van der Waals surface area contributed by atoms with Crippen LogP contribution in [0.3, 0.4) is 0 Å². The van der Waals surface area contributed by atoms with E-state index in [1.54, 1.807) is 0 Å². The standard InChI is InChI=1S/C14H33NOSi/c1-8-16-17(12(2)3,13(4)5)10-9-14(6,7)11-15/h12-13H,8-11,15H2,1-7H3. The summed E-state index contributed by atoms with van der Waals surface area (Å²) in [6.07, 6.45) is 1.19. The summed E-state index contributed by atoms with van der Waals surface area (Å²) in [5.41, 5.74) is 7.44. The Morgan fingerprint density at radius 2 is 1.59 bits per heavy atom. The van der Waals surface area contributed by atoms with Gasteiger partial charge in [-0.05, 0) is 42.4 Å². The molecular weight excluding hydrogens is 226 g/mol. The van der Waals surface area contributed by atoms with Crippen molar-refractivity contribution in [3.8, 4) is 0 Å². The monoisotopic (exact) mass is 259 g/mol. The van der Waals surface area contributed by atoms with Gasteiger partial charge in [0.2, 0.25) is 0 Å². The lowest BCUT2D eigenvalue weighted by atomic mass is 9.91. The van der Waals surface area contributed by atoms with E-state index in [4.69, 9.17) is 10.2 Å². The van der Waals surface area contributed by atoms with Crippen LogP contribution >= 0.6 is 0 Å². The van der Waals surface area contributed by atoms with Gasteiger partial charge in [0.25, 0.3) is 0 Å². The Balaban J connectivity index is 4.80. The molecule has 0 aliphatic carbocycles. The van der Waals surface area contributed by atoms with Gasteiger partial charge in [0.15, 0.2) is 8.32 Å². The second-order valence-corrected chi connectivity index (χ2v) is 11.6. The summed E-state index contributed by atoms with van der Waals surface area (Å²) >= 11 is 0. The Morgan fingerprint density at radius 3 is 1.88 bits per heavy atom. The third-order valence-corrected chi connectivity index (χ3v) is 9.88. The molecule has 0 aliphatic rings. The topological polar surface area (TPSA) is 35.2 Å². The van der Waals surface area contributed by atoms with Gasteiger partial charge in [0.05, 0.1) is 0 Å². The van der Waals surface area contributed by atoms with Crippen LogP contribution < -0.4 is 5.73 Å². The van der Waals surface area contributed by atoms with Crippen LogP contribution in [0.2, 0.25) is 17.1 Å². The van der Waals surface area contributed by atoms with Crippen molar-refractivity contribution in [2.45, 2.75) is 72.0 Å². The minimum atomic E-state index is -1.63. The molecule has 0 saturated carbocycles. The number of hydrogen-bond acceptors (Lipinski definition) is 2. The van der Waals surface area contributed by atoms with Crippen molar-refractivity contribution >= 4 is 8.32 Å². The Kier molecular flexibility index (Phi) is 6.96. The molecule has 0 unspecified atom stereocenters. The molecular formula is C14H33NOSi. The van der Waals surface area contributed by atoms with Gasteiger partial charge < -0.3 is 10.2 Å². The van der Waals surface area contributed by atoms with Crippen LogP contribution in [-0.4, -0.2) is 21.5 Å². The fourth-order valence-corrected chi connectivity index (χ4v) is 7.46. The zero-order chi connectivity index (χ0) is 13.7. The van der Waals surface area contributed by atoms with Gasteiger partial charge in [-0.1, -0.05) is 41.5 Å². The van der Waals surface area contributed by atoms with Gasteiger partial charge in [0.1, 0.15) is 0 Å². The molecule has 0 rings (SSSR count). The number of hydrogen-bond donors (Lipinski definition) is 1. The van der Waals surface area contributed by atoms with Crippen LogP contribution in [0.25, 0.3) is 0 Å². The quantitative estimate of drug-likeness (QED) is 0.664. The van der Waals surface area contributed by atoms with Crippen LogP contribution in [0.5, 0.6) is 0 Å². The first-order valence-corrected chi connectivity index (χ1v) is 9.33. The van der Waals surface area contributed by atoms with Crippen LogP contribution in [0.4, 0.5) is 0 Å². The molecule has 0 aromatic heterocycles. The van der Waals surface area contributed by atoms with Crippen LogP contribution in [0.1, 0.15) is 54.9 Å². The van der Waals surface area contributed by atoms with Crippen LogP contribution in [-0.2, 0) is 4.43 Å². The molecule has 0 bridgehead atoms. The van der Waals surface area contributed by atoms with Crippen molar-refractivity contribution in [1.29, 1.82) is 0 Å². The van der Waals surface area contributed by atoms with Gasteiger partial charge in [-0.15, -0.1) is 0 Å². The van der Waals surface area contributed by atoms with Crippen molar-refractivity contribution in [3.05, 3.63) is 0 Å². The Labute approximate surface area is 109 Å². The van der Waals surface area contributed by atoms with E-state index in [0.29, 0.717) is 11.1 Å². The summed E-state index contributed by atoms with van der Waals surface area (Å²) in [4.78, 5) is 0. The smallest absolute Gasteiger partial charge is 0.197 e. The summed E-state index contributed by atoms with van der Waals surface area (Å²) in [6.45, 7) is 17.6.